The maximum atomic E-state index is 14.1. The Labute approximate surface area is 160 Å². The first-order valence-corrected chi connectivity index (χ1v) is 8.81. The zero-order valence-electron chi connectivity index (χ0n) is 14.7. The molecule has 0 atom stereocenters. The first kappa shape index (κ1) is 19.2. The van der Waals surface area contributed by atoms with E-state index in [0.29, 0.717) is 36.7 Å². The van der Waals surface area contributed by atoms with Crippen molar-refractivity contribution in [3.05, 3.63) is 52.6 Å². The summed E-state index contributed by atoms with van der Waals surface area (Å²) < 4.78 is 38.5. The Bertz CT molecular complexity index is 838. The van der Waals surface area contributed by atoms with Crippen molar-refractivity contribution in [3.8, 4) is 11.5 Å². The molecule has 0 unspecified atom stereocenters. The van der Waals surface area contributed by atoms with Crippen molar-refractivity contribution in [2.45, 2.75) is 18.9 Å². The van der Waals surface area contributed by atoms with Gasteiger partial charge in [0.1, 0.15) is 11.9 Å². The Morgan fingerprint density at radius 2 is 1.85 bits per heavy atom. The minimum Gasteiger partial charge on any atom is -0.491 e. The molecule has 1 heterocycles. The van der Waals surface area contributed by atoms with Crippen LogP contribution in [0.2, 0.25) is 5.02 Å². The number of hydrogen-bond donors (Lipinski definition) is 1. The number of carbonyl (C=O) groups excluding carboxylic acids is 1. The van der Waals surface area contributed by atoms with E-state index in [1.54, 1.807) is 24.3 Å². The predicted molar refractivity (Wildman–Crippen MR) is 98.3 cm³/mol. The zero-order valence-corrected chi connectivity index (χ0v) is 15.4. The van der Waals surface area contributed by atoms with E-state index in [1.165, 1.54) is 4.90 Å². The number of anilines is 1. The highest BCUT2D eigenvalue weighted by molar-refractivity contribution is 6.30. The number of benzene rings is 2. The second kappa shape index (κ2) is 8.00. The largest absolute Gasteiger partial charge is 0.491 e. The first-order valence-electron chi connectivity index (χ1n) is 8.43. The van der Waals surface area contributed by atoms with Crippen LogP contribution in [0.15, 0.2) is 30.3 Å². The normalized spacial score (nSPS) is 14.9. The number of methoxy groups -OCH3 is 1. The molecule has 2 aromatic carbocycles. The summed E-state index contributed by atoms with van der Waals surface area (Å²) in [6.07, 6.45) is 1.13. The minimum absolute atomic E-state index is 0.0584. The van der Waals surface area contributed by atoms with Gasteiger partial charge in [-0.2, -0.15) is 0 Å². The number of likely N-dealkylation sites (tertiary alicyclic amines) is 1. The molecule has 1 fully saturated rings. The van der Waals surface area contributed by atoms with Crippen LogP contribution in [0, 0.1) is 11.6 Å². The van der Waals surface area contributed by atoms with Crippen molar-refractivity contribution in [1.29, 1.82) is 0 Å². The lowest BCUT2D eigenvalue weighted by Crippen LogP contribution is -2.42. The number of rotatable bonds is 4. The molecule has 1 amide bonds. The van der Waals surface area contributed by atoms with Crippen LogP contribution in [0.3, 0.4) is 0 Å². The summed E-state index contributed by atoms with van der Waals surface area (Å²) in [6, 6.07) is 7.96. The molecular weight excluding hydrogens is 378 g/mol. The van der Waals surface area contributed by atoms with Crippen LogP contribution in [0.4, 0.5) is 14.5 Å². The lowest BCUT2D eigenvalue weighted by atomic mass is 10.0. The number of nitrogens with zero attached hydrogens (tertiary/aromatic N) is 1. The van der Waals surface area contributed by atoms with Crippen LogP contribution in [-0.2, 0) is 0 Å². The van der Waals surface area contributed by atoms with E-state index in [9.17, 15) is 13.6 Å². The Morgan fingerprint density at radius 3 is 2.44 bits per heavy atom. The van der Waals surface area contributed by atoms with Crippen LogP contribution < -0.4 is 15.2 Å². The fourth-order valence-electron chi connectivity index (χ4n) is 3.03. The Balaban J connectivity index is 1.66. The van der Waals surface area contributed by atoms with Crippen LogP contribution >= 0.6 is 11.6 Å². The summed E-state index contributed by atoms with van der Waals surface area (Å²) >= 11 is 5.85. The van der Waals surface area contributed by atoms with Crippen LogP contribution in [0.25, 0.3) is 0 Å². The summed E-state index contributed by atoms with van der Waals surface area (Å²) in [6.45, 7) is 0.789. The van der Waals surface area contributed by atoms with Crippen LogP contribution in [-0.4, -0.2) is 37.1 Å². The van der Waals surface area contributed by atoms with E-state index in [2.05, 4.69) is 4.74 Å². The van der Waals surface area contributed by atoms with Gasteiger partial charge in [-0.3, -0.25) is 4.79 Å². The zero-order chi connectivity index (χ0) is 19.6. The average Bonchev–Trinajstić information content (AvgIpc) is 2.67. The number of amides is 1. The molecule has 3 rings (SSSR count). The lowest BCUT2D eigenvalue weighted by molar-refractivity contribution is 0.0595. The molecule has 1 aliphatic rings. The molecule has 2 N–H and O–H groups in total. The minimum atomic E-state index is -1.07. The van der Waals surface area contributed by atoms with Crippen molar-refractivity contribution in [1.82, 2.24) is 4.90 Å². The van der Waals surface area contributed by atoms with E-state index in [-0.39, 0.29) is 11.7 Å². The number of piperidine rings is 1. The van der Waals surface area contributed by atoms with Gasteiger partial charge >= 0.3 is 0 Å². The smallest absolute Gasteiger partial charge is 0.256 e. The summed E-state index contributed by atoms with van der Waals surface area (Å²) in [5.41, 5.74) is 5.05. The molecule has 27 heavy (non-hydrogen) atoms. The molecule has 0 spiro atoms. The van der Waals surface area contributed by atoms with E-state index >= 15 is 0 Å². The van der Waals surface area contributed by atoms with Crippen molar-refractivity contribution in [3.63, 3.8) is 0 Å². The van der Waals surface area contributed by atoms with Gasteiger partial charge < -0.3 is 20.1 Å². The van der Waals surface area contributed by atoms with E-state index < -0.39 is 29.0 Å². The number of carbonyl (C=O) groups is 1. The molecule has 1 aliphatic heterocycles. The van der Waals surface area contributed by atoms with Crippen LogP contribution in [0.1, 0.15) is 23.2 Å². The van der Waals surface area contributed by atoms with Crippen molar-refractivity contribution >= 4 is 23.2 Å². The molecule has 8 heteroatoms. The maximum Gasteiger partial charge on any atom is 0.256 e. The number of hydrogen-bond acceptors (Lipinski definition) is 4. The molecule has 0 saturated carbocycles. The van der Waals surface area contributed by atoms with Gasteiger partial charge in [-0.1, -0.05) is 11.6 Å². The Hall–Kier alpha value is -2.54. The van der Waals surface area contributed by atoms with Crippen molar-refractivity contribution in [2.24, 2.45) is 0 Å². The van der Waals surface area contributed by atoms with Crippen LogP contribution in [0.5, 0.6) is 11.5 Å². The third-order valence-electron chi connectivity index (χ3n) is 4.49. The van der Waals surface area contributed by atoms with Gasteiger partial charge in [0, 0.05) is 31.0 Å². The molecule has 2 aromatic rings. The average molecular weight is 397 g/mol. The summed E-state index contributed by atoms with van der Waals surface area (Å²) in [5, 5.41) is 0.624. The van der Waals surface area contributed by atoms with Crippen molar-refractivity contribution < 1.29 is 23.0 Å². The second-order valence-electron chi connectivity index (χ2n) is 6.23. The van der Waals surface area contributed by atoms with E-state index in [4.69, 9.17) is 22.1 Å². The third-order valence-corrected chi connectivity index (χ3v) is 4.75. The molecule has 0 bridgehead atoms. The Kier molecular flexibility index (Phi) is 5.70. The summed E-state index contributed by atoms with van der Waals surface area (Å²) in [5.74, 6) is -2.44. The molecule has 0 aromatic heterocycles. The summed E-state index contributed by atoms with van der Waals surface area (Å²) in [4.78, 5) is 14.2. The Morgan fingerprint density at radius 1 is 1.22 bits per heavy atom. The van der Waals surface area contributed by atoms with Gasteiger partial charge in [0.05, 0.1) is 18.4 Å². The van der Waals surface area contributed by atoms with Crippen molar-refractivity contribution in [2.75, 3.05) is 25.9 Å². The fourth-order valence-corrected chi connectivity index (χ4v) is 3.16. The molecule has 0 radical (unpaired) electrons. The van der Waals surface area contributed by atoms with Gasteiger partial charge in [0.2, 0.25) is 0 Å². The fraction of sp³-hybridized carbons (Fsp3) is 0.316. The highest BCUT2D eigenvalue weighted by Crippen LogP contribution is 2.31. The SMILES string of the molecule is COc1c(F)cc(C(=O)N2CCC(Oc3ccc(Cl)cc3)CC2)c(N)c1F. The standard InChI is InChI=1S/C19H19ClF2N2O3/c1-26-18-15(21)10-14(17(23)16(18)22)19(25)24-8-6-13(7-9-24)27-12-4-2-11(20)3-5-12/h2-5,10,13H,6-9,23H2,1H3. The highest BCUT2D eigenvalue weighted by atomic mass is 35.5. The molecular formula is C19H19ClF2N2O3. The maximum absolute atomic E-state index is 14.1. The number of ether oxygens (including phenoxy) is 2. The van der Waals surface area contributed by atoms with Gasteiger partial charge in [-0.25, -0.2) is 8.78 Å². The highest BCUT2D eigenvalue weighted by Gasteiger charge is 2.28. The topological polar surface area (TPSA) is 64.8 Å². The van der Waals surface area contributed by atoms with E-state index in [0.717, 1.165) is 13.2 Å². The monoisotopic (exact) mass is 396 g/mol. The van der Waals surface area contributed by atoms with E-state index in [1.807, 2.05) is 0 Å². The van der Waals surface area contributed by atoms with Gasteiger partial charge in [-0.15, -0.1) is 0 Å². The second-order valence-corrected chi connectivity index (χ2v) is 6.67. The predicted octanol–water partition coefficient (Wildman–Crippen LogP) is 3.89. The molecule has 1 saturated heterocycles. The van der Waals surface area contributed by atoms with Gasteiger partial charge in [-0.05, 0) is 30.3 Å². The summed E-state index contributed by atoms with van der Waals surface area (Å²) in [7, 11) is 1.13. The number of nitrogens with two attached hydrogens (primary N) is 1. The third kappa shape index (κ3) is 4.08. The number of halogens is 3. The van der Waals surface area contributed by atoms with Gasteiger partial charge in [0.15, 0.2) is 17.4 Å². The van der Waals surface area contributed by atoms with Gasteiger partial charge in [0.25, 0.3) is 5.91 Å². The lowest BCUT2D eigenvalue weighted by Gasteiger charge is -2.32. The molecule has 144 valence electrons. The molecule has 5 nitrogen and oxygen atoms in total. The quantitative estimate of drug-likeness (QED) is 0.796. The first-order chi connectivity index (χ1) is 12.9. The molecule has 0 aliphatic carbocycles. The number of nitrogen functional groups attached to an aromatic ring is 1.